The van der Waals surface area contributed by atoms with Crippen molar-refractivity contribution < 1.29 is 15.1 Å². The van der Waals surface area contributed by atoms with Gasteiger partial charge in [-0.2, -0.15) is 0 Å². The number of nitrogens with two attached hydrogens (primary N) is 2. The second kappa shape index (κ2) is 18.7. The molecule has 0 saturated heterocycles. The number of fused-ring (bicyclic) bond motifs is 4. The van der Waals surface area contributed by atoms with E-state index in [0.717, 1.165) is 70.9 Å². The molecule has 2 heterocycles. The first-order valence-corrected chi connectivity index (χ1v) is 17.2. The van der Waals surface area contributed by atoms with Crippen LogP contribution in [0.2, 0.25) is 0 Å². The molecule has 0 bridgehead atoms. The van der Waals surface area contributed by atoms with Gasteiger partial charge in [-0.3, -0.25) is 19.4 Å². The van der Waals surface area contributed by atoms with Gasteiger partial charge in [0.2, 0.25) is 11.8 Å². The van der Waals surface area contributed by atoms with Crippen LogP contribution >= 0.6 is 36.8 Å². The van der Waals surface area contributed by atoms with Crippen LogP contribution in [0.1, 0.15) is 22.3 Å². The third-order valence-electron chi connectivity index (χ3n) is 8.38. The minimum Gasteiger partial charge on any atom is -0.412 e. The number of nitrogens with zero attached hydrogens (tertiary/aromatic N) is 4. The van der Waals surface area contributed by atoms with Crippen LogP contribution in [-0.2, 0) is 35.3 Å². The first-order valence-electron chi connectivity index (χ1n) is 16.4. The van der Waals surface area contributed by atoms with Gasteiger partial charge >= 0.3 is 0 Å². The molecule has 0 atom stereocenters. The number of benzene rings is 4. The zero-order valence-corrected chi connectivity index (χ0v) is 32.3. The zero-order chi connectivity index (χ0) is 35.9. The summed E-state index contributed by atoms with van der Waals surface area (Å²) in [4.78, 5) is 33.5. The van der Waals surface area contributed by atoms with E-state index in [9.17, 15) is 9.59 Å². The molecular formula is C38H47ClN8O3S2. The van der Waals surface area contributed by atoms with Crippen molar-refractivity contribution >= 4 is 93.0 Å². The molecule has 0 fully saturated rings. The van der Waals surface area contributed by atoms with Gasteiger partial charge in [-0.1, -0.05) is 48.5 Å². The highest BCUT2D eigenvalue weighted by Crippen LogP contribution is 2.39. The number of likely N-dealkylation sites (N-methyl/N-ethyl adjacent to an activating group) is 2. The molecule has 0 radical (unpaired) electrons. The van der Waals surface area contributed by atoms with E-state index in [4.69, 9.17) is 35.9 Å². The molecule has 276 valence electrons. The van der Waals surface area contributed by atoms with Crippen molar-refractivity contribution in [2.45, 2.75) is 25.7 Å². The minimum absolute atomic E-state index is 0. The number of thiocarbonyl (C=S) groups is 2. The number of rotatable bonds is 6. The number of aryl methyl sites for hydroxylation is 4. The SMILES string of the molecule is CN(C)CC(=O)N1c2ccccc2CCc2ccc(NC(N)=S)cc21.CN(C)CC(=O)N1c2ccccc2CCc2ccc(NC(N)=S)cc21.Cl.O. The lowest BCUT2D eigenvalue weighted by atomic mass is 10.0. The monoisotopic (exact) mass is 762 g/mol. The number of carbonyl (C=O) groups is 2. The van der Waals surface area contributed by atoms with Crippen LogP contribution in [0.5, 0.6) is 0 Å². The van der Waals surface area contributed by atoms with Gasteiger partial charge in [0.25, 0.3) is 0 Å². The van der Waals surface area contributed by atoms with E-state index in [1.54, 1.807) is 0 Å². The molecule has 2 aliphatic heterocycles. The Labute approximate surface area is 322 Å². The predicted octanol–water partition coefficient (Wildman–Crippen LogP) is 4.93. The Balaban J connectivity index is 0.000000270. The van der Waals surface area contributed by atoms with Crippen LogP contribution in [0.4, 0.5) is 34.1 Å². The van der Waals surface area contributed by atoms with E-state index < -0.39 is 0 Å². The maximum Gasteiger partial charge on any atom is 0.245 e. The van der Waals surface area contributed by atoms with Crippen LogP contribution in [-0.4, -0.2) is 78.6 Å². The second-order valence-electron chi connectivity index (χ2n) is 12.9. The fraction of sp³-hybridized carbons (Fsp3) is 0.263. The number of anilines is 6. The Hall–Kier alpha value is -4.63. The summed E-state index contributed by atoms with van der Waals surface area (Å²) in [5, 5.41) is 6.34. The van der Waals surface area contributed by atoms with Gasteiger partial charge in [0.05, 0.1) is 35.8 Å². The van der Waals surface area contributed by atoms with Gasteiger partial charge in [0.1, 0.15) is 0 Å². The van der Waals surface area contributed by atoms with Gasteiger partial charge in [0.15, 0.2) is 10.2 Å². The van der Waals surface area contributed by atoms with Crippen LogP contribution in [0.3, 0.4) is 0 Å². The molecule has 0 aliphatic carbocycles. The molecule has 8 N–H and O–H groups in total. The van der Waals surface area contributed by atoms with Crippen molar-refractivity contribution in [2.75, 3.05) is 61.7 Å². The number of para-hydroxylation sites is 2. The molecular weight excluding hydrogens is 716 g/mol. The highest BCUT2D eigenvalue weighted by Gasteiger charge is 2.28. The molecule has 0 spiro atoms. The number of amides is 2. The Morgan fingerprint density at radius 3 is 1.25 bits per heavy atom. The van der Waals surface area contributed by atoms with Crippen molar-refractivity contribution in [3.63, 3.8) is 0 Å². The molecule has 4 aromatic rings. The number of carbonyl (C=O) groups excluding carboxylic acids is 2. The van der Waals surface area contributed by atoms with E-state index in [1.807, 2.05) is 121 Å². The van der Waals surface area contributed by atoms with Gasteiger partial charge in [-0.05, 0) is 137 Å². The molecule has 0 aromatic heterocycles. The topological polar surface area (TPSA) is 155 Å². The lowest BCUT2D eigenvalue weighted by Crippen LogP contribution is -2.35. The molecule has 2 amide bonds. The summed E-state index contributed by atoms with van der Waals surface area (Å²) in [6.45, 7) is 0.668. The average Bonchev–Trinajstić information content (AvgIpc) is 3.31. The Bertz CT molecular complexity index is 1790. The lowest BCUT2D eigenvalue weighted by molar-refractivity contribution is -0.119. The highest BCUT2D eigenvalue weighted by molar-refractivity contribution is 7.80. The van der Waals surface area contributed by atoms with Crippen molar-refractivity contribution in [3.05, 3.63) is 107 Å². The third kappa shape index (κ3) is 10.2. The van der Waals surface area contributed by atoms with E-state index >= 15 is 0 Å². The summed E-state index contributed by atoms with van der Waals surface area (Å²) in [6, 6.07) is 28.0. The van der Waals surface area contributed by atoms with Gasteiger partial charge in [-0.25, -0.2) is 0 Å². The maximum absolute atomic E-state index is 13.0. The van der Waals surface area contributed by atoms with Gasteiger partial charge in [0, 0.05) is 11.4 Å². The van der Waals surface area contributed by atoms with Gasteiger partial charge < -0.3 is 37.4 Å². The number of nitrogens with one attached hydrogen (secondary N) is 2. The van der Waals surface area contributed by atoms with Crippen molar-refractivity contribution in [1.82, 2.24) is 9.80 Å². The highest BCUT2D eigenvalue weighted by atomic mass is 35.5. The molecule has 0 unspecified atom stereocenters. The van der Waals surface area contributed by atoms with E-state index in [1.165, 1.54) is 11.1 Å². The molecule has 14 heteroatoms. The van der Waals surface area contributed by atoms with E-state index in [-0.39, 0.29) is 39.9 Å². The predicted molar refractivity (Wildman–Crippen MR) is 224 cm³/mol. The van der Waals surface area contributed by atoms with Crippen LogP contribution in [0.15, 0.2) is 84.9 Å². The van der Waals surface area contributed by atoms with Crippen LogP contribution in [0, 0.1) is 0 Å². The molecule has 11 nitrogen and oxygen atoms in total. The second-order valence-corrected chi connectivity index (χ2v) is 13.7. The molecule has 6 rings (SSSR count). The van der Waals surface area contributed by atoms with E-state index in [2.05, 4.69) is 22.8 Å². The zero-order valence-electron chi connectivity index (χ0n) is 29.8. The largest absolute Gasteiger partial charge is 0.412 e. The smallest absolute Gasteiger partial charge is 0.245 e. The summed E-state index contributed by atoms with van der Waals surface area (Å²) in [6.07, 6.45) is 3.56. The standard InChI is InChI=1S/2C19H22N4OS.ClH.H2O/c2*1-22(2)12-18(24)23-16-6-4-3-5-13(16)7-8-14-9-10-15(11-17(14)23)21-19(20)25;;/h2*3-6,9-11H,7-8,12H2,1-2H3,(H3,20,21,25);1H;1H2. The summed E-state index contributed by atoms with van der Waals surface area (Å²) < 4.78 is 0. The number of halogens is 1. The summed E-state index contributed by atoms with van der Waals surface area (Å²) in [5.74, 6) is 0.0705. The summed E-state index contributed by atoms with van der Waals surface area (Å²) in [5.41, 5.74) is 21.1. The van der Waals surface area contributed by atoms with E-state index in [0.29, 0.717) is 13.1 Å². The number of hydrogen-bond donors (Lipinski definition) is 4. The molecule has 4 aromatic carbocycles. The van der Waals surface area contributed by atoms with Crippen molar-refractivity contribution in [1.29, 1.82) is 0 Å². The van der Waals surface area contributed by atoms with Gasteiger partial charge in [-0.15, -0.1) is 12.4 Å². The summed E-state index contributed by atoms with van der Waals surface area (Å²) in [7, 11) is 7.58. The van der Waals surface area contributed by atoms with Crippen molar-refractivity contribution in [3.8, 4) is 0 Å². The van der Waals surface area contributed by atoms with Crippen LogP contribution in [0.25, 0.3) is 0 Å². The molecule has 52 heavy (non-hydrogen) atoms. The number of hydrogen-bond acceptors (Lipinski definition) is 6. The average molecular weight is 763 g/mol. The first-order chi connectivity index (χ1) is 23.9. The third-order valence-corrected chi connectivity index (χ3v) is 8.59. The Kier molecular flexibility index (Phi) is 15.1. The fourth-order valence-corrected chi connectivity index (χ4v) is 6.54. The fourth-order valence-electron chi connectivity index (χ4n) is 6.31. The molecule has 0 saturated carbocycles. The quantitative estimate of drug-likeness (QED) is 0.199. The van der Waals surface area contributed by atoms with Crippen LogP contribution < -0.4 is 31.9 Å². The lowest BCUT2D eigenvalue weighted by Gasteiger charge is -2.27. The Morgan fingerprint density at radius 2 is 0.923 bits per heavy atom. The normalized spacial score (nSPS) is 12.5. The minimum atomic E-state index is 0. The maximum atomic E-state index is 13.0. The summed E-state index contributed by atoms with van der Waals surface area (Å²) >= 11 is 9.88. The molecule has 2 aliphatic rings. The first kappa shape index (κ1) is 41.8. The van der Waals surface area contributed by atoms with Crippen molar-refractivity contribution in [2.24, 2.45) is 11.5 Å². The Morgan fingerprint density at radius 1 is 0.596 bits per heavy atom.